The van der Waals surface area contributed by atoms with E-state index in [2.05, 4.69) is 10.2 Å². The largest absolute Gasteiger partial charge is 0.454 e. The summed E-state index contributed by atoms with van der Waals surface area (Å²) in [5.74, 6) is 1.31. The summed E-state index contributed by atoms with van der Waals surface area (Å²) in [5.41, 5.74) is 4.10. The zero-order chi connectivity index (χ0) is 20.9. The number of fused-ring (bicyclic) bond motifs is 1. The second-order valence-corrected chi connectivity index (χ2v) is 9.14. The van der Waals surface area contributed by atoms with Crippen molar-refractivity contribution in [2.75, 3.05) is 13.0 Å². The van der Waals surface area contributed by atoms with Crippen LogP contribution in [-0.2, 0) is 10.0 Å². The fraction of sp³-hybridized carbons (Fsp3) is 0.238. The van der Waals surface area contributed by atoms with Crippen molar-refractivity contribution in [3.05, 3.63) is 71.5 Å². The Bertz CT molecular complexity index is 1250. The molecule has 5 rings (SSSR count). The van der Waals surface area contributed by atoms with E-state index in [1.54, 1.807) is 6.20 Å². The van der Waals surface area contributed by atoms with E-state index in [9.17, 15) is 8.42 Å². The van der Waals surface area contributed by atoms with Crippen LogP contribution in [0.4, 0.5) is 0 Å². The van der Waals surface area contributed by atoms with Gasteiger partial charge in [-0.25, -0.2) is 13.1 Å². The van der Waals surface area contributed by atoms with Crippen molar-refractivity contribution in [3.63, 3.8) is 0 Å². The van der Waals surface area contributed by atoms with Crippen molar-refractivity contribution in [2.24, 2.45) is 5.10 Å². The normalized spacial score (nSPS) is 18.0. The van der Waals surface area contributed by atoms with E-state index >= 15 is 0 Å². The molecule has 8 nitrogen and oxygen atoms in total. The summed E-state index contributed by atoms with van der Waals surface area (Å²) in [6.07, 6.45) is 3.33. The van der Waals surface area contributed by atoms with E-state index in [0.717, 1.165) is 22.5 Å². The number of para-hydroxylation sites is 1. The van der Waals surface area contributed by atoms with E-state index < -0.39 is 16.1 Å². The van der Waals surface area contributed by atoms with Crippen molar-refractivity contribution in [3.8, 4) is 17.2 Å². The molecule has 0 N–H and O–H groups in total. The molecule has 0 aliphatic carbocycles. The fourth-order valence-electron chi connectivity index (χ4n) is 3.86. The minimum absolute atomic E-state index is 0.182. The molecule has 0 unspecified atom stereocenters. The average molecular weight is 424 g/mol. The molecule has 30 heavy (non-hydrogen) atoms. The molecular formula is C21H20N4O4S. The van der Waals surface area contributed by atoms with Gasteiger partial charge in [-0.15, -0.1) is 0 Å². The number of hydrogen-bond acceptors (Lipinski definition) is 6. The second kappa shape index (κ2) is 6.88. The number of hydrazone groups is 1. The zero-order valence-electron chi connectivity index (χ0n) is 16.5. The van der Waals surface area contributed by atoms with E-state index in [0.29, 0.717) is 23.6 Å². The molecule has 0 amide bonds. The van der Waals surface area contributed by atoms with Gasteiger partial charge in [0, 0.05) is 23.2 Å². The number of aromatic nitrogens is 2. The molecule has 1 aromatic heterocycles. The van der Waals surface area contributed by atoms with E-state index in [1.165, 1.54) is 10.7 Å². The highest BCUT2D eigenvalue weighted by molar-refractivity contribution is 7.88. The van der Waals surface area contributed by atoms with Crippen LogP contribution in [0.15, 0.2) is 59.8 Å². The Labute approximate surface area is 174 Å². The van der Waals surface area contributed by atoms with Crippen LogP contribution in [-0.4, -0.2) is 41.4 Å². The quantitative estimate of drug-likeness (QED) is 0.643. The van der Waals surface area contributed by atoms with Crippen LogP contribution in [0.5, 0.6) is 11.5 Å². The predicted octanol–water partition coefficient (Wildman–Crippen LogP) is 3.02. The lowest BCUT2D eigenvalue weighted by atomic mass is 9.99. The van der Waals surface area contributed by atoms with Gasteiger partial charge >= 0.3 is 0 Å². The summed E-state index contributed by atoms with van der Waals surface area (Å²) >= 11 is 0. The van der Waals surface area contributed by atoms with E-state index in [4.69, 9.17) is 9.47 Å². The first-order valence-electron chi connectivity index (χ1n) is 9.48. The fourth-order valence-corrected chi connectivity index (χ4v) is 4.75. The van der Waals surface area contributed by atoms with E-state index in [-0.39, 0.29) is 6.79 Å². The summed E-state index contributed by atoms with van der Waals surface area (Å²) in [5, 5.41) is 8.96. The molecular weight excluding hydrogens is 404 g/mol. The van der Waals surface area contributed by atoms with Crippen LogP contribution in [0.2, 0.25) is 0 Å². The standard InChI is InChI=1S/C21H20N4O4S/c1-14-17(12-22-24(14)16-6-4-3-5-7-16)19-11-18(23-25(19)30(2,26)27)15-8-9-20-21(10-15)29-13-28-20/h3-10,12,19H,11,13H2,1-2H3/t19-/m1/s1. The Hall–Kier alpha value is -3.33. The summed E-state index contributed by atoms with van der Waals surface area (Å²) < 4.78 is 38.8. The van der Waals surface area contributed by atoms with Crippen molar-refractivity contribution < 1.29 is 17.9 Å². The molecule has 9 heteroatoms. The molecule has 2 aliphatic rings. The Balaban J connectivity index is 1.53. The first-order chi connectivity index (χ1) is 14.4. The lowest BCUT2D eigenvalue weighted by molar-refractivity contribution is 0.174. The number of nitrogens with zero attached hydrogens (tertiary/aromatic N) is 4. The summed E-state index contributed by atoms with van der Waals surface area (Å²) in [7, 11) is -3.57. The van der Waals surface area contributed by atoms with Gasteiger partial charge in [-0.2, -0.15) is 14.6 Å². The molecule has 3 heterocycles. The Morgan fingerprint density at radius 2 is 1.83 bits per heavy atom. The van der Waals surface area contributed by atoms with Gasteiger partial charge in [-0.1, -0.05) is 18.2 Å². The Kier molecular flexibility index (Phi) is 4.28. The highest BCUT2D eigenvalue weighted by atomic mass is 32.2. The van der Waals surface area contributed by atoms with Gasteiger partial charge in [-0.05, 0) is 37.3 Å². The third-order valence-electron chi connectivity index (χ3n) is 5.33. The molecule has 0 saturated carbocycles. The average Bonchev–Trinajstić information content (AvgIpc) is 3.45. The van der Waals surface area contributed by atoms with Crippen LogP contribution in [0.1, 0.15) is 29.3 Å². The van der Waals surface area contributed by atoms with Crippen molar-refractivity contribution >= 4 is 15.7 Å². The van der Waals surface area contributed by atoms with Gasteiger partial charge < -0.3 is 9.47 Å². The molecule has 1 atom stereocenters. The maximum atomic E-state index is 12.5. The SMILES string of the molecule is Cc1c([C@H]2CC(c3ccc4c(c3)OCO4)=NN2S(C)(=O)=O)cnn1-c1ccccc1. The molecule has 0 fully saturated rings. The molecule has 0 spiro atoms. The monoisotopic (exact) mass is 424 g/mol. The number of benzene rings is 2. The van der Waals surface area contributed by atoms with Crippen molar-refractivity contribution in [1.29, 1.82) is 0 Å². The molecule has 3 aromatic rings. The third kappa shape index (κ3) is 3.11. The van der Waals surface area contributed by atoms with Gasteiger partial charge in [0.05, 0.1) is 29.9 Å². The highest BCUT2D eigenvalue weighted by Crippen LogP contribution is 2.39. The number of hydrogen-bond donors (Lipinski definition) is 0. The van der Waals surface area contributed by atoms with E-state index in [1.807, 2.05) is 60.1 Å². The maximum Gasteiger partial charge on any atom is 0.247 e. The lowest BCUT2D eigenvalue weighted by Gasteiger charge is -2.21. The van der Waals surface area contributed by atoms with Crippen LogP contribution < -0.4 is 9.47 Å². The molecule has 2 aromatic carbocycles. The van der Waals surface area contributed by atoms with Gasteiger partial charge in [0.15, 0.2) is 11.5 Å². The number of rotatable bonds is 4. The minimum Gasteiger partial charge on any atom is -0.454 e. The van der Waals surface area contributed by atoms with Crippen LogP contribution in [0.25, 0.3) is 5.69 Å². The topological polar surface area (TPSA) is 86.0 Å². The Morgan fingerprint density at radius 1 is 1.07 bits per heavy atom. The minimum atomic E-state index is -3.57. The Morgan fingerprint density at radius 3 is 2.60 bits per heavy atom. The first kappa shape index (κ1) is 18.7. The van der Waals surface area contributed by atoms with Gasteiger partial charge in [-0.3, -0.25) is 0 Å². The van der Waals surface area contributed by atoms with Crippen LogP contribution in [0, 0.1) is 6.92 Å². The molecule has 0 bridgehead atoms. The smallest absolute Gasteiger partial charge is 0.247 e. The first-order valence-corrected chi connectivity index (χ1v) is 11.3. The predicted molar refractivity (Wildman–Crippen MR) is 111 cm³/mol. The second-order valence-electron chi connectivity index (χ2n) is 7.30. The number of sulfonamides is 1. The molecule has 0 radical (unpaired) electrons. The number of ether oxygens (including phenoxy) is 2. The zero-order valence-corrected chi connectivity index (χ0v) is 17.3. The molecule has 154 valence electrons. The molecule has 2 aliphatic heterocycles. The maximum absolute atomic E-state index is 12.5. The van der Waals surface area contributed by atoms with Crippen LogP contribution in [0.3, 0.4) is 0 Å². The summed E-state index contributed by atoms with van der Waals surface area (Å²) in [6, 6.07) is 14.8. The highest BCUT2D eigenvalue weighted by Gasteiger charge is 2.37. The van der Waals surface area contributed by atoms with Gasteiger partial charge in [0.2, 0.25) is 16.8 Å². The third-order valence-corrected chi connectivity index (χ3v) is 6.34. The van der Waals surface area contributed by atoms with Crippen LogP contribution >= 0.6 is 0 Å². The van der Waals surface area contributed by atoms with Gasteiger partial charge in [0.25, 0.3) is 0 Å². The summed E-state index contributed by atoms with van der Waals surface area (Å²) in [6.45, 7) is 2.12. The molecule has 0 saturated heterocycles. The summed E-state index contributed by atoms with van der Waals surface area (Å²) in [4.78, 5) is 0. The lowest BCUT2D eigenvalue weighted by Crippen LogP contribution is -2.26. The van der Waals surface area contributed by atoms with Crippen molar-refractivity contribution in [1.82, 2.24) is 14.2 Å². The van der Waals surface area contributed by atoms with Crippen molar-refractivity contribution in [2.45, 2.75) is 19.4 Å². The van der Waals surface area contributed by atoms with Gasteiger partial charge in [0.1, 0.15) is 0 Å².